The van der Waals surface area contributed by atoms with Gasteiger partial charge >= 0.3 is 0 Å². The van der Waals surface area contributed by atoms with E-state index in [1.807, 2.05) is 53.4 Å². The van der Waals surface area contributed by atoms with Crippen molar-refractivity contribution in [2.24, 2.45) is 5.10 Å². The molecule has 4 nitrogen and oxygen atoms in total. The van der Waals surface area contributed by atoms with Crippen LogP contribution in [0.2, 0.25) is 0 Å². The van der Waals surface area contributed by atoms with Crippen LogP contribution in [0, 0.1) is 0 Å². The molecule has 0 aliphatic rings. The average Bonchev–Trinajstić information content (AvgIpc) is 3.19. The Kier molecular flexibility index (Phi) is 4.50. The number of rotatable bonds is 4. The SMILES string of the molecule is O=C(N/N=C\c1ccc(Br)s1)c1ccc(-n2cccc2)cc1. The second kappa shape index (κ2) is 6.72. The lowest BCUT2D eigenvalue weighted by molar-refractivity contribution is 0.0955. The van der Waals surface area contributed by atoms with Crippen molar-refractivity contribution in [2.45, 2.75) is 0 Å². The number of carbonyl (C=O) groups excluding carboxylic acids is 1. The van der Waals surface area contributed by atoms with Gasteiger partial charge < -0.3 is 4.57 Å². The van der Waals surface area contributed by atoms with Crippen molar-refractivity contribution in [3.63, 3.8) is 0 Å². The fraction of sp³-hybridized carbons (Fsp3) is 0. The van der Waals surface area contributed by atoms with Gasteiger partial charge in [0.15, 0.2) is 0 Å². The first-order valence-electron chi connectivity index (χ1n) is 6.54. The third-order valence-corrected chi connectivity index (χ3v) is 4.54. The van der Waals surface area contributed by atoms with E-state index in [4.69, 9.17) is 0 Å². The molecule has 0 bridgehead atoms. The molecule has 0 spiro atoms. The molecule has 1 N–H and O–H groups in total. The number of aromatic nitrogens is 1. The standard InChI is InChI=1S/C16H12BrN3OS/c17-15-8-7-14(22-15)11-18-19-16(21)12-3-5-13(6-4-12)20-9-1-2-10-20/h1-11H,(H,19,21)/b18-11-. The number of hydrazone groups is 1. The van der Waals surface area contributed by atoms with Crippen molar-refractivity contribution in [1.29, 1.82) is 0 Å². The van der Waals surface area contributed by atoms with Crippen molar-refractivity contribution in [2.75, 3.05) is 0 Å². The Morgan fingerprint density at radius 1 is 1.14 bits per heavy atom. The predicted octanol–water partition coefficient (Wildman–Crippen LogP) is 4.07. The van der Waals surface area contributed by atoms with Crippen molar-refractivity contribution in [3.05, 3.63) is 75.2 Å². The Balaban J connectivity index is 1.64. The van der Waals surface area contributed by atoms with Gasteiger partial charge in [-0.3, -0.25) is 4.79 Å². The minimum Gasteiger partial charge on any atom is -0.324 e. The van der Waals surface area contributed by atoms with Crippen LogP contribution >= 0.6 is 27.3 Å². The molecule has 0 saturated carbocycles. The van der Waals surface area contributed by atoms with Gasteiger partial charge in [-0.25, -0.2) is 5.43 Å². The molecule has 0 aliphatic carbocycles. The highest BCUT2D eigenvalue weighted by Crippen LogP contribution is 2.20. The number of benzene rings is 1. The maximum Gasteiger partial charge on any atom is 0.271 e. The minimum atomic E-state index is -0.231. The second-order valence-electron chi connectivity index (χ2n) is 4.48. The number of carbonyl (C=O) groups is 1. The molecule has 110 valence electrons. The Morgan fingerprint density at radius 2 is 1.86 bits per heavy atom. The smallest absolute Gasteiger partial charge is 0.271 e. The summed E-state index contributed by atoms with van der Waals surface area (Å²) in [5.74, 6) is -0.231. The fourth-order valence-corrected chi connectivity index (χ4v) is 3.20. The molecule has 1 aromatic carbocycles. The molecule has 2 heterocycles. The highest BCUT2D eigenvalue weighted by molar-refractivity contribution is 9.11. The minimum absolute atomic E-state index is 0.231. The van der Waals surface area contributed by atoms with E-state index in [0.29, 0.717) is 5.56 Å². The van der Waals surface area contributed by atoms with Crippen molar-refractivity contribution in [3.8, 4) is 5.69 Å². The zero-order valence-corrected chi connectivity index (χ0v) is 13.8. The lowest BCUT2D eigenvalue weighted by Gasteiger charge is -2.04. The Bertz CT molecular complexity index is 791. The van der Waals surface area contributed by atoms with Crippen LogP contribution in [-0.4, -0.2) is 16.7 Å². The summed E-state index contributed by atoms with van der Waals surface area (Å²) in [6.07, 6.45) is 5.54. The van der Waals surface area contributed by atoms with Crippen LogP contribution in [0.1, 0.15) is 15.2 Å². The number of thiophene rings is 1. The summed E-state index contributed by atoms with van der Waals surface area (Å²) >= 11 is 4.93. The summed E-state index contributed by atoms with van der Waals surface area (Å²) in [7, 11) is 0. The molecule has 0 atom stereocenters. The predicted molar refractivity (Wildman–Crippen MR) is 92.8 cm³/mol. The maximum absolute atomic E-state index is 12.0. The highest BCUT2D eigenvalue weighted by atomic mass is 79.9. The zero-order valence-electron chi connectivity index (χ0n) is 11.4. The van der Waals surface area contributed by atoms with Crippen LogP contribution in [0.25, 0.3) is 5.69 Å². The molecule has 1 amide bonds. The van der Waals surface area contributed by atoms with Gasteiger partial charge in [0.1, 0.15) is 0 Å². The van der Waals surface area contributed by atoms with Gasteiger partial charge in [0, 0.05) is 28.5 Å². The van der Waals surface area contributed by atoms with Gasteiger partial charge in [-0.1, -0.05) is 0 Å². The molecule has 0 aliphatic heterocycles. The van der Waals surface area contributed by atoms with Crippen LogP contribution in [0.3, 0.4) is 0 Å². The van der Waals surface area contributed by atoms with E-state index in [2.05, 4.69) is 26.5 Å². The molecular weight excluding hydrogens is 362 g/mol. The van der Waals surface area contributed by atoms with Crippen LogP contribution < -0.4 is 5.43 Å². The monoisotopic (exact) mass is 373 g/mol. The first kappa shape index (κ1) is 14.7. The van der Waals surface area contributed by atoms with Gasteiger partial charge in [0.25, 0.3) is 5.91 Å². The maximum atomic E-state index is 12.0. The van der Waals surface area contributed by atoms with Crippen molar-refractivity contribution < 1.29 is 4.79 Å². The van der Waals surface area contributed by atoms with Crippen molar-refractivity contribution >= 4 is 39.4 Å². The normalized spacial score (nSPS) is 11.0. The third-order valence-electron chi connectivity index (χ3n) is 2.98. The summed E-state index contributed by atoms with van der Waals surface area (Å²) in [4.78, 5) is 13.0. The van der Waals surface area contributed by atoms with Crippen LogP contribution in [-0.2, 0) is 0 Å². The molecule has 3 aromatic rings. The molecule has 0 unspecified atom stereocenters. The van der Waals surface area contributed by atoms with Gasteiger partial charge in [-0.15, -0.1) is 11.3 Å². The highest BCUT2D eigenvalue weighted by Gasteiger charge is 2.04. The van der Waals surface area contributed by atoms with Crippen LogP contribution in [0.15, 0.2) is 69.8 Å². The molecule has 0 radical (unpaired) electrons. The first-order chi connectivity index (χ1) is 10.7. The quantitative estimate of drug-likeness (QED) is 0.543. The number of nitrogens with one attached hydrogen (secondary N) is 1. The Labute approximate surface area is 140 Å². The second-order valence-corrected chi connectivity index (χ2v) is 6.97. The zero-order chi connectivity index (χ0) is 15.4. The van der Waals surface area contributed by atoms with E-state index in [0.717, 1.165) is 14.4 Å². The number of hydrogen-bond acceptors (Lipinski definition) is 3. The third kappa shape index (κ3) is 3.52. The number of amides is 1. The molecule has 0 fully saturated rings. The molecule has 22 heavy (non-hydrogen) atoms. The first-order valence-corrected chi connectivity index (χ1v) is 8.15. The summed E-state index contributed by atoms with van der Waals surface area (Å²) < 4.78 is 3.01. The van der Waals surface area contributed by atoms with E-state index in [1.165, 1.54) is 0 Å². The Morgan fingerprint density at radius 3 is 2.50 bits per heavy atom. The van der Waals surface area contributed by atoms with Gasteiger partial charge in [0.05, 0.1) is 10.0 Å². The lowest BCUT2D eigenvalue weighted by atomic mass is 10.2. The molecule has 2 aromatic heterocycles. The van der Waals surface area contributed by atoms with E-state index in [9.17, 15) is 4.79 Å². The van der Waals surface area contributed by atoms with Gasteiger partial charge in [-0.2, -0.15) is 5.10 Å². The van der Waals surface area contributed by atoms with Crippen LogP contribution in [0.5, 0.6) is 0 Å². The lowest BCUT2D eigenvalue weighted by Crippen LogP contribution is -2.17. The average molecular weight is 374 g/mol. The van der Waals surface area contributed by atoms with Gasteiger partial charge in [0.2, 0.25) is 0 Å². The van der Waals surface area contributed by atoms with E-state index in [-0.39, 0.29) is 5.91 Å². The van der Waals surface area contributed by atoms with E-state index < -0.39 is 0 Å². The Hall–Kier alpha value is -2.18. The fourth-order valence-electron chi connectivity index (χ4n) is 1.91. The van der Waals surface area contributed by atoms with E-state index >= 15 is 0 Å². The molecule has 3 rings (SSSR count). The number of halogens is 1. The summed E-state index contributed by atoms with van der Waals surface area (Å²) in [6, 6.07) is 15.1. The summed E-state index contributed by atoms with van der Waals surface area (Å²) in [5.41, 5.74) is 4.10. The molecule has 6 heteroatoms. The largest absolute Gasteiger partial charge is 0.324 e. The number of nitrogens with zero attached hydrogens (tertiary/aromatic N) is 2. The van der Waals surface area contributed by atoms with E-state index in [1.54, 1.807) is 29.7 Å². The summed E-state index contributed by atoms with van der Waals surface area (Å²) in [6.45, 7) is 0. The van der Waals surface area contributed by atoms with Crippen LogP contribution in [0.4, 0.5) is 0 Å². The molecular formula is C16H12BrN3OS. The topological polar surface area (TPSA) is 46.4 Å². The summed E-state index contributed by atoms with van der Waals surface area (Å²) in [5, 5.41) is 3.96. The number of hydrogen-bond donors (Lipinski definition) is 1. The van der Waals surface area contributed by atoms with Gasteiger partial charge in [-0.05, 0) is 64.5 Å². The molecule has 0 saturated heterocycles. The van der Waals surface area contributed by atoms with Crippen molar-refractivity contribution in [1.82, 2.24) is 9.99 Å².